The fourth-order valence-corrected chi connectivity index (χ4v) is 4.00. The molecule has 0 N–H and O–H groups in total. The van der Waals surface area contributed by atoms with Gasteiger partial charge in [-0.1, -0.05) is 54.6 Å². The zero-order valence-electron chi connectivity index (χ0n) is 18.9. The first-order valence-electron chi connectivity index (χ1n) is 10.9. The van der Waals surface area contributed by atoms with E-state index in [4.69, 9.17) is 14.2 Å². The van der Waals surface area contributed by atoms with Crippen LogP contribution in [-0.2, 0) is 14.3 Å². The van der Waals surface area contributed by atoms with Crippen LogP contribution in [0.4, 0.5) is 0 Å². The molecule has 0 amide bonds. The summed E-state index contributed by atoms with van der Waals surface area (Å²) in [4.78, 5) is 37.0. The Hall–Kier alpha value is -4.19. The highest BCUT2D eigenvalue weighted by molar-refractivity contribution is 5.97. The van der Waals surface area contributed by atoms with Crippen molar-refractivity contribution >= 4 is 23.5 Å². The molecule has 4 rings (SSSR count). The quantitative estimate of drug-likeness (QED) is 0.353. The van der Waals surface area contributed by atoms with Gasteiger partial charge in [0.25, 0.3) is 0 Å². The maximum Gasteiger partial charge on any atom is 0.347 e. The van der Waals surface area contributed by atoms with Crippen LogP contribution >= 0.6 is 0 Å². The van der Waals surface area contributed by atoms with E-state index in [1.54, 1.807) is 18.2 Å². The number of ether oxygens (including phenoxy) is 3. The number of benzene rings is 3. The molecule has 3 aromatic rings. The summed E-state index contributed by atoms with van der Waals surface area (Å²) in [6.07, 6.45) is 0.232. The summed E-state index contributed by atoms with van der Waals surface area (Å²) < 4.78 is 17.2. The second-order valence-corrected chi connectivity index (χ2v) is 7.99. The molecule has 3 aromatic carbocycles. The van der Waals surface area contributed by atoms with E-state index >= 15 is 0 Å². The van der Waals surface area contributed by atoms with Gasteiger partial charge in [-0.15, -0.1) is 0 Å². The first-order valence-corrected chi connectivity index (χ1v) is 10.9. The van der Waals surface area contributed by atoms with Crippen LogP contribution < -0.4 is 9.47 Å². The third-order valence-corrected chi connectivity index (χ3v) is 5.48. The Balaban J connectivity index is 1.82. The van der Waals surface area contributed by atoms with Crippen LogP contribution in [0.2, 0.25) is 0 Å². The van der Waals surface area contributed by atoms with Gasteiger partial charge >= 0.3 is 11.9 Å². The van der Waals surface area contributed by atoms with E-state index in [1.807, 2.05) is 48.5 Å². The van der Waals surface area contributed by atoms with Gasteiger partial charge < -0.3 is 14.2 Å². The number of carbonyl (C=O) groups excluding carboxylic acids is 3. The number of carbonyl (C=O) groups is 3. The summed E-state index contributed by atoms with van der Waals surface area (Å²) in [6.45, 7) is 2.97. The van der Waals surface area contributed by atoms with Crippen molar-refractivity contribution in [3.8, 4) is 11.5 Å². The summed E-state index contributed by atoms with van der Waals surface area (Å²) in [7, 11) is 0. The van der Waals surface area contributed by atoms with Crippen molar-refractivity contribution in [2.75, 3.05) is 6.61 Å². The maximum absolute atomic E-state index is 13.3. The predicted molar refractivity (Wildman–Crippen MR) is 127 cm³/mol. The van der Waals surface area contributed by atoms with Crippen LogP contribution in [0, 0.1) is 0 Å². The van der Waals surface area contributed by atoms with Crippen molar-refractivity contribution in [1.82, 2.24) is 0 Å². The third kappa shape index (κ3) is 5.07. The maximum atomic E-state index is 13.3. The molecule has 0 aromatic heterocycles. The summed E-state index contributed by atoms with van der Waals surface area (Å²) >= 11 is 0. The van der Waals surface area contributed by atoms with Crippen molar-refractivity contribution in [3.63, 3.8) is 0 Å². The Morgan fingerprint density at radius 1 is 0.853 bits per heavy atom. The molecule has 6 nitrogen and oxygen atoms in total. The van der Waals surface area contributed by atoms with Crippen molar-refractivity contribution < 1.29 is 28.6 Å². The van der Waals surface area contributed by atoms with E-state index < -0.39 is 11.9 Å². The number of para-hydroxylation sites is 2. The molecule has 1 aliphatic rings. The molecule has 34 heavy (non-hydrogen) atoms. The fraction of sp³-hybridized carbons (Fsp3) is 0.179. The van der Waals surface area contributed by atoms with E-state index in [2.05, 4.69) is 0 Å². The molecule has 0 bridgehead atoms. The summed E-state index contributed by atoms with van der Waals surface area (Å²) in [5, 5.41) is 0. The lowest BCUT2D eigenvalue weighted by atomic mass is 9.84. The highest BCUT2D eigenvalue weighted by atomic mass is 16.6. The van der Waals surface area contributed by atoms with Gasteiger partial charge in [0.05, 0.1) is 5.56 Å². The van der Waals surface area contributed by atoms with E-state index in [9.17, 15) is 14.4 Å². The molecule has 0 radical (unpaired) electrons. The monoisotopic (exact) mass is 456 g/mol. The average Bonchev–Trinajstić information content (AvgIpc) is 2.83. The minimum absolute atomic E-state index is 0.00564. The lowest BCUT2D eigenvalue weighted by Gasteiger charge is -2.28. The largest absolute Gasteiger partial charge is 0.488 e. The highest BCUT2D eigenvalue weighted by Gasteiger charge is 2.31. The van der Waals surface area contributed by atoms with Gasteiger partial charge in [0, 0.05) is 24.8 Å². The zero-order chi connectivity index (χ0) is 24.1. The Bertz CT molecular complexity index is 1260. The fourth-order valence-electron chi connectivity index (χ4n) is 4.00. The SMILES string of the molecule is CC(=O)CC(C1=C(OC(=O)c2ccccc2OC(C)=O)c2ccccc2OC1)c1ccccc1. The lowest BCUT2D eigenvalue weighted by Crippen LogP contribution is -2.21. The summed E-state index contributed by atoms with van der Waals surface area (Å²) in [5.41, 5.74) is 2.35. The number of ketones is 1. The van der Waals surface area contributed by atoms with Gasteiger partial charge in [0.1, 0.15) is 35.2 Å². The summed E-state index contributed by atoms with van der Waals surface area (Å²) in [5.74, 6) is -0.495. The molecule has 1 heterocycles. The molecule has 172 valence electrons. The van der Waals surface area contributed by atoms with Gasteiger partial charge in [0.15, 0.2) is 0 Å². The molecular formula is C28H24O6. The van der Waals surface area contributed by atoms with Crippen LogP contribution in [0.25, 0.3) is 5.76 Å². The van der Waals surface area contributed by atoms with E-state index in [0.29, 0.717) is 22.6 Å². The molecular weight excluding hydrogens is 432 g/mol. The van der Waals surface area contributed by atoms with Crippen molar-refractivity contribution in [3.05, 3.63) is 101 Å². The Labute approximate surface area is 197 Å². The highest BCUT2D eigenvalue weighted by Crippen LogP contribution is 2.41. The van der Waals surface area contributed by atoms with E-state index in [-0.39, 0.29) is 36.0 Å². The third-order valence-electron chi connectivity index (χ3n) is 5.48. The molecule has 0 saturated carbocycles. The Morgan fingerprint density at radius 3 is 2.26 bits per heavy atom. The predicted octanol–water partition coefficient (Wildman–Crippen LogP) is 5.34. The van der Waals surface area contributed by atoms with Gasteiger partial charge in [0.2, 0.25) is 0 Å². The van der Waals surface area contributed by atoms with Gasteiger partial charge in [-0.05, 0) is 36.8 Å². The standard InChI is InChI=1S/C28H24O6/c1-18(29)16-23(20-10-4-3-5-11-20)24-17-32-25-14-8-6-12-21(25)27(24)34-28(31)22-13-7-9-15-26(22)33-19(2)30/h3-15,23H,16-17H2,1-2H3. The molecule has 1 aliphatic heterocycles. The van der Waals surface area contributed by atoms with Crippen molar-refractivity contribution in [1.29, 1.82) is 0 Å². The van der Waals surface area contributed by atoms with Crippen LogP contribution in [0.3, 0.4) is 0 Å². The van der Waals surface area contributed by atoms with Crippen LogP contribution in [0.1, 0.15) is 47.7 Å². The van der Waals surface area contributed by atoms with Gasteiger partial charge in [-0.2, -0.15) is 0 Å². The van der Waals surface area contributed by atoms with Crippen molar-refractivity contribution in [2.45, 2.75) is 26.2 Å². The molecule has 0 spiro atoms. The minimum atomic E-state index is -0.671. The normalized spacial score (nSPS) is 13.4. The summed E-state index contributed by atoms with van der Waals surface area (Å²) in [6, 6.07) is 23.3. The molecule has 1 atom stereocenters. The lowest BCUT2D eigenvalue weighted by molar-refractivity contribution is -0.131. The number of esters is 2. The first kappa shape index (κ1) is 23.0. The molecule has 0 saturated heterocycles. The number of hydrogen-bond donors (Lipinski definition) is 0. The molecule has 6 heteroatoms. The van der Waals surface area contributed by atoms with Gasteiger partial charge in [-0.3, -0.25) is 9.59 Å². The average molecular weight is 456 g/mol. The zero-order valence-corrected chi connectivity index (χ0v) is 18.9. The smallest absolute Gasteiger partial charge is 0.347 e. The second-order valence-electron chi connectivity index (χ2n) is 7.99. The van der Waals surface area contributed by atoms with Gasteiger partial charge in [-0.25, -0.2) is 4.79 Å². The number of fused-ring (bicyclic) bond motifs is 1. The Morgan fingerprint density at radius 2 is 1.53 bits per heavy atom. The van der Waals surface area contributed by atoms with E-state index in [0.717, 1.165) is 5.56 Å². The number of hydrogen-bond acceptors (Lipinski definition) is 6. The minimum Gasteiger partial charge on any atom is -0.488 e. The second kappa shape index (κ2) is 10.2. The van der Waals surface area contributed by atoms with Crippen LogP contribution in [0.15, 0.2) is 84.4 Å². The van der Waals surface area contributed by atoms with Crippen LogP contribution in [0.5, 0.6) is 11.5 Å². The number of Topliss-reactive ketones (excluding diaryl/α,β-unsaturated/α-hetero) is 1. The number of rotatable bonds is 7. The molecule has 1 unspecified atom stereocenters. The molecule has 0 aliphatic carbocycles. The van der Waals surface area contributed by atoms with Crippen LogP contribution in [-0.4, -0.2) is 24.3 Å². The topological polar surface area (TPSA) is 78.9 Å². The first-order chi connectivity index (χ1) is 16.4. The molecule has 0 fully saturated rings. The van der Waals surface area contributed by atoms with E-state index in [1.165, 1.54) is 26.0 Å². The van der Waals surface area contributed by atoms with Crippen molar-refractivity contribution in [2.24, 2.45) is 0 Å². The Kier molecular flexibility index (Phi) is 6.87.